The molecule has 0 fully saturated rings. The Kier molecular flexibility index (Phi) is 5.26. The van der Waals surface area contributed by atoms with Crippen LogP contribution in [0.25, 0.3) is 0 Å². The number of aliphatic hydroxyl groups is 1. The van der Waals surface area contributed by atoms with Gasteiger partial charge < -0.3 is 16.2 Å². The number of rotatable bonds is 7. The first-order chi connectivity index (χ1) is 9.32. The van der Waals surface area contributed by atoms with Gasteiger partial charge in [0.1, 0.15) is 18.1 Å². The van der Waals surface area contributed by atoms with Gasteiger partial charge in [0.15, 0.2) is 0 Å². The van der Waals surface area contributed by atoms with Crippen molar-refractivity contribution in [2.45, 2.75) is 32.2 Å². The van der Waals surface area contributed by atoms with Gasteiger partial charge in [-0.3, -0.25) is 14.3 Å². The Morgan fingerprint density at radius 1 is 1.45 bits per heavy atom. The fourth-order valence-electron chi connectivity index (χ4n) is 1.57. The summed E-state index contributed by atoms with van der Waals surface area (Å²) in [5.74, 6) is -3.58. The first-order valence-electron chi connectivity index (χ1n) is 6.17. The molecule has 0 spiro atoms. The average molecular weight is 292 g/mol. The number of aromatic nitrogens is 2. The van der Waals surface area contributed by atoms with E-state index in [0.29, 0.717) is 6.42 Å². The van der Waals surface area contributed by atoms with E-state index in [-0.39, 0.29) is 18.1 Å². The summed E-state index contributed by atoms with van der Waals surface area (Å²) < 4.78 is 27.0. The Balaban J connectivity index is 3.07. The van der Waals surface area contributed by atoms with E-state index in [1.807, 2.05) is 11.9 Å². The number of hydrogen-bond donors (Lipinski definition) is 4. The van der Waals surface area contributed by atoms with Crippen LogP contribution >= 0.6 is 0 Å². The van der Waals surface area contributed by atoms with Gasteiger partial charge in [-0.15, -0.1) is 0 Å². The first-order valence-corrected chi connectivity index (χ1v) is 6.17. The number of hydrogen-bond acceptors (Lipinski definition) is 5. The Morgan fingerprint density at radius 2 is 2.10 bits per heavy atom. The largest absolute Gasteiger partial charge is 0.390 e. The molecule has 114 valence electrons. The lowest BCUT2D eigenvalue weighted by Gasteiger charge is -2.17. The number of aliphatic hydroxyl groups excluding tert-OH is 1. The van der Waals surface area contributed by atoms with Crippen LogP contribution < -0.4 is 22.3 Å². The van der Waals surface area contributed by atoms with Crippen LogP contribution in [0.3, 0.4) is 0 Å². The highest BCUT2D eigenvalue weighted by Gasteiger charge is 2.28. The lowest BCUT2D eigenvalue weighted by atomic mass is 10.3. The Labute approximate surface area is 113 Å². The molecule has 0 radical (unpaired) electrons. The normalized spacial score (nSPS) is 11.6. The molecule has 1 heterocycles. The lowest BCUT2D eigenvalue weighted by molar-refractivity contribution is -0.0372. The van der Waals surface area contributed by atoms with Gasteiger partial charge in [-0.1, -0.05) is 13.3 Å². The number of H-pyrrole nitrogens is 1. The number of alkyl halides is 2. The molecule has 1 aromatic rings. The third-order valence-corrected chi connectivity index (χ3v) is 2.73. The maximum Gasteiger partial charge on any atom is 0.330 e. The molecule has 0 saturated heterocycles. The molecule has 9 heteroatoms. The molecule has 0 unspecified atom stereocenters. The number of anilines is 2. The molecule has 7 nitrogen and oxygen atoms in total. The predicted octanol–water partition coefficient (Wildman–Crippen LogP) is -0.0416. The van der Waals surface area contributed by atoms with Gasteiger partial charge in [-0.2, -0.15) is 0 Å². The Hall–Kier alpha value is -1.90. The fraction of sp³-hybridized carbons (Fsp3) is 0.636. The summed E-state index contributed by atoms with van der Waals surface area (Å²) in [5, 5.41) is 10.6. The smallest absolute Gasteiger partial charge is 0.330 e. The van der Waals surface area contributed by atoms with Crippen molar-refractivity contribution >= 4 is 11.5 Å². The van der Waals surface area contributed by atoms with Gasteiger partial charge >= 0.3 is 5.69 Å². The van der Waals surface area contributed by atoms with Gasteiger partial charge in [0, 0.05) is 6.54 Å². The predicted molar refractivity (Wildman–Crippen MR) is 71.2 cm³/mol. The molecule has 20 heavy (non-hydrogen) atoms. The second-order valence-corrected chi connectivity index (χ2v) is 4.39. The van der Waals surface area contributed by atoms with Crippen LogP contribution in [0.2, 0.25) is 0 Å². The zero-order valence-corrected chi connectivity index (χ0v) is 11.1. The van der Waals surface area contributed by atoms with E-state index in [2.05, 4.69) is 5.32 Å². The quantitative estimate of drug-likeness (QED) is 0.563. The number of aromatic amines is 1. The van der Waals surface area contributed by atoms with E-state index in [1.165, 1.54) is 0 Å². The van der Waals surface area contributed by atoms with Gasteiger partial charge in [0.25, 0.3) is 11.5 Å². The summed E-state index contributed by atoms with van der Waals surface area (Å²) in [4.78, 5) is 25.2. The Bertz CT molecular complexity index is 568. The minimum atomic E-state index is -3.39. The summed E-state index contributed by atoms with van der Waals surface area (Å²) in [7, 11) is 0. The van der Waals surface area contributed by atoms with Gasteiger partial charge in [0.2, 0.25) is 0 Å². The maximum absolute atomic E-state index is 13.0. The van der Waals surface area contributed by atoms with Crippen LogP contribution in [0.4, 0.5) is 20.3 Å². The molecule has 0 aromatic carbocycles. The molecule has 1 aromatic heterocycles. The maximum atomic E-state index is 13.0. The van der Waals surface area contributed by atoms with Crippen molar-refractivity contribution in [1.82, 2.24) is 9.55 Å². The number of nitrogen functional groups attached to an aromatic ring is 1. The van der Waals surface area contributed by atoms with Crippen LogP contribution in [0.15, 0.2) is 9.59 Å². The van der Waals surface area contributed by atoms with Crippen molar-refractivity contribution in [1.29, 1.82) is 0 Å². The van der Waals surface area contributed by atoms with Crippen molar-refractivity contribution < 1.29 is 13.9 Å². The minimum absolute atomic E-state index is 0.194. The van der Waals surface area contributed by atoms with Crippen molar-refractivity contribution in [3.05, 3.63) is 20.8 Å². The van der Waals surface area contributed by atoms with E-state index < -0.39 is 30.3 Å². The van der Waals surface area contributed by atoms with Gasteiger partial charge in [-0.05, 0) is 6.42 Å². The highest BCUT2D eigenvalue weighted by Crippen LogP contribution is 2.16. The summed E-state index contributed by atoms with van der Waals surface area (Å²) in [6, 6.07) is 0. The van der Waals surface area contributed by atoms with E-state index >= 15 is 0 Å². The summed E-state index contributed by atoms with van der Waals surface area (Å²) in [6.45, 7) is -0.118. The SMILES string of the molecule is CCCCn1c(N)c(NCC(F)(F)CO)c(=O)[nH]c1=O. The Morgan fingerprint density at radius 3 is 2.65 bits per heavy atom. The van der Waals surface area contributed by atoms with E-state index in [4.69, 9.17) is 10.8 Å². The molecule has 0 aliphatic carbocycles. The second-order valence-electron chi connectivity index (χ2n) is 4.39. The van der Waals surface area contributed by atoms with E-state index in [9.17, 15) is 18.4 Å². The second kappa shape index (κ2) is 6.51. The molecule has 0 saturated carbocycles. The number of unbranched alkanes of at least 4 members (excludes halogenated alkanes) is 1. The van der Waals surface area contributed by atoms with Crippen LogP contribution in [-0.4, -0.2) is 33.7 Å². The molecule has 5 N–H and O–H groups in total. The molecular formula is C11H18F2N4O3. The third-order valence-electron chi connectivity index (χ3n) is 2.73. The molecule has 0 aliphatic rings. The highest BCUT2D eigenvalue weighted by atomic mass is 19.3. The van der Waals surface area contributed by atoms with Crippen molar-refractivity contribution in [2.24, 2.45) is 0 Å². The molecular weight excluding hydrogens is 274 g/mol. The zero-order chi connectivity index (χ0) is 15.3. The lowest BCUT2D eigenvalue weighted by Crippen LogP contribution is -2.37. The molecule has 0 bridgehead atoms. The first kappa shape index (κ1) is 16.2. The minimum Gasteiger partial charge on any atom is -0.390 e. The average Bonchev–Trinajstić information content (AvgIpc) is 2.38. The van der Waals surface area contributed by atoms with Crippen LogP contribution in [0.1, 0.15) is 19.8 Å². The molecule has 1 rings (SSSR count). The van der Waals surface area contributed by atoms with Gasteiger partial charge in [-0.25, -0.2) is 13.6 Å². The van der Waals surface area contributed by atoms with Crippen LogP contribution in [-0.2, 0) is 6.54 Å². The summed E-state index contributed by atoms with van der Waals surface area (Å²) >= 11 is 0. The standard InChI is InChI=1S/C11H18F2N4O3/c1-2-3-4-17-8(14)7(9(19)16-10(17)20)15-5-11(12,13)6-18/h15,18H,2-6,14H2,1H3,(H,16,19,20). The number of nitrogens with two attached hydrogens (primary N) is 1. The topological polar surface area (TPSA) is 113 Å². The zero-order valence-electron chi connectivity index (χ0n) is 11.1. The highest BCUT2D eigenvalue weighted by molar-refractivity contribution is 5.60. The van der Waals surface area contributed by atoms with Crippen molar-refractivity contribution in [2.75, 3.05) is 24.2 Å². The monoisotopic (exact) mass is 292 g/mol. The van der Waals surface area contributed by atoms with Crippen molar-refractivity contribution in [3.63, 3.8) is 0 Å². The number of halogens is 2. The van der Waals surface area contributed by atoms with Crippen LogP contribution in [0, 0.1) is 0 Å². The van der Waals surface area contributed by atoms with E-state index in [0.717, 1.165) is 11.0 Å². The third kappa shape index (κ3) is 3.80. The fourth-order valence-corrected chi connectivity index (χ4v) is 1.57. The van der Waals surface area contributed by atoms with Gasteiger partial charge in [0.05, 0.1) is 6.54 Å². The summed E-state index contributed by atoms with van der Waals surface area (Å²) in [5.41, 5.74) is 3.83. The number of nitrogens with zero attached hydrogens (tertiary/aromatic N) is 1. The molecule has 0 aliphatic heterocycles. The molecule has 0 atom stereocenters. The number of nitrogens with one attached hydrogen (secondary N) is 2. The summed E-state index contributed by atoms with van der Waals surface area (Å²) in [6.07, 6.45) is 1.46. The van der Waals surface area contributed by atoms with Crippen LogP contribution in [0.5, 0.6) is 0 Å². The molecule has 0 amide bonds. The van der Waals surface area contributed by atoms with E-state index in [1.54, 1.807) is 0 Å². The van der Waals surface area contributed by atoms with Crippen molar-refractivity contribution in [3.8, 4) is 0 Å².